The summed E-state index contributed by atoms with van der Waals surface area (Å²) in [5.41, 5.74) is 9.62. The largest absolute Gasteiger partial charge is 0.395 e. The van der Waals surface area contributed by atoms with Crippen molar-refractivity contribution in [3.63, 3.8) is 0 Å². The van der Waals surface area contributed by atoms with Crippen molar-refractivity contribution in [1.82, 2.24) is 14.8 Å². The number of nitrogen functional groups attached to an aromatic ring is 1. The number of amides is 1. The quantitative estimate of drug-likeness (QED) is 0.857. The molecule has 6 nitrogen and oxygen atoms in total. The van der Waals surface area contributed by atoms with Crippen LogP contribution in [0.15, 0.2) is 12.1 Å². The third-order valence-corrected chi connectivity index (χ3v) is 2.96. The third kappa shape index (κ3) is 2.42. The van der Waals surface area contributed by atoms with E-state index in [1.807, 2.05) is 26.0 Å². The van der Waals surface area contributed by atoms with Crippen LogP contribution in [0.4, 0.5) is 11.4 Å². The maximum atomic E-state index is 12.2. The van der Waals surface area contributed by atoms with Crippen molar-refractivity contribution < 1.29 is 4.79 Å². The first-order valence-electron chi connectivity index (χ1n) is 5.95. The molecule has 0 saturated carbocycles. The van der Waals surface area contributed by atoms with Crippen LogP contribution in [-0.2, 0) is 7.05 Å². The number of hydrogen-bond donors (Lipinski definition) is 2. The molecule has 2 aromatic heterocycles. The summed E-state index contributed by atoms with van der Waals surface area (Å²) in [4.78, 5) is 16.5. The molecule has 0 fully saturated rings. The second-order valence-corrected chi connectivity index (χ2v) is 4.51. The first kappa shape index (κ1) is 13.1. The maximum absolute atomic E-state index is 12.2. The minimum atomic E-state index is -0.283. The summed E-state index contributed by atoms with van der Waals surface area (Å²) >= 11 is 0. The number of anilines is 2. The molecule has 2 heterocycles. The molecule has 0 radical (unpaired) electrons. The molecule has 3 N–H and O–H groups in total. The molecule has 0 saturated heterocycles. The predicted octanol–water partition coefficient (Wildman–Crippen LogP) is 1.57. The van der Waals surface area contributed by atoms with Gasteiger partial charge in [-0.25, -0.2) is 0 Å². The van der Waals surface area contributed by atoms with Gasteiger partial charge >= 0.3 is 0 Å². The number of nitrogens with zero attached hydrogens (tertiary/aromatic N) is 3. The zero-order valence-corrected chi connectivity index (χ0v) is 11.5. The maximum Gasteiger partial charge on any atom is 0.276 e. The number of rotatable bonds is 2. The highest BCUT2D eigenvalue weighted by molar-refractivity contribution is 6.07. The van der Waals surface area contributed by atoms with Crippen molar-refractivity contribution in [3.05, 3.63) is 34.9 Å². The second-order valence-electron chi connectivity index (χ2n) is 4.51. The predicted molar refractivity (Wildman–Crippen MR) is 74.0 cm³/mol. The van der Waals surface area contributed by atoms with E-state index in [2.05, 4.69) is 15.4 Å². The monoisotopic (exact) mass is 259 g/mol. The Bertz CT molecular complexity index is 645. The van der Waals surface area contributed by atoms with Gasteiger partial charge in [-0.1, -0.05) is 0 Å². The van der Waals surface area contributed by atoms with Gasteiger partial charge in [0, 0.05) is 12.7 Å². The molecule has 0 atom stereocenters. The summed E-state index contributed by atoms with van der Waals surface area (Å²) in [5, 5.41) is 6.93. The minimum absolute atomic E-state index is 0.283. The molecule has 2 rings (SSSR count). The van der Waals surface area contributed by atoms with Crippen LogP contribution >= 0.6 is 0 Å². The molecule has 0 aliphatic rings. The molecule has 0 spiro atoms. The fourth-order valence-electron chi connectivity index (χ4n) is 1.94. The Balaban J connectivity index is 2.31. The number of pyridine rings is 1. The lowest BCUT2D eigenvalue weighted by molar-refractivity contribution is 0.101. The molecule has 0 aliphatic heterocycles. The van der Waals surface area contributed by atoms with E-state index in [4.69, 9.17) is 5.73 Å². The molecule has 0 aliphatic carbocycles. The SMILES string of the molecule is Cc1ccc(NC(=O)c2c(N)c(C)nn2C)c(C)n1. The van der Waals surface area contributed by atoms with Gasteiger partial charge in [0.2, 0.25) is 0 Å². The van der Waals surface area contributed by atoms with Crippen LogP contribution < -0.4 is 11.1 Å². The summed E-state index contributed by atoms with van der Waals surface area (Å²) in [5.74, 6) is -0.283. The lowest BCUT2D eigenvalue weighted by Gasteiger charge is -2.09. The van der Waals surface area contributed by atoms with E-state index in [0.717, 1.165) is 11.4 Å². The zero-order chi connectivity index (χ0) is 14.2. The molecule has 0 aromatic carbocycles. The van der Waals surface area contributed by atoms with E-state index in [1.165, 1.54) is 4.68 Å². The molecule has 0 bridgehead atoms. The van der Waals surface area contributed by atoms with Crippen molar-refractivity contribution >= 4 is 17.3 Å². The Hall–Kier alpha value is -2.37. The van der Waals surface area contributed by atoms with Crippen LogP contribution in [0.5, 0.6) is 0 Å². The van der Waals surface area contributed by atoms with Gasteiger partial charge in [-0.05, 0) is 32.9 Å². The summed E-state index contributed by atoms with van der Waals surface area (Å²) < 4.78 is 1.48. The number of aromatic nitrogens is 3. The summed E-state index contributed by atoms with van der Waals surface area (Å²) in [6, 6.07) is 3.68. The average Bonchev–Trinajstić information content (AvgIpc) is 2.57. The average molecular weight is 259 g/mol. The van der Waals surface area contributed by atoms with Gasteiger partial charge < -0.3 is 11.1 Å². The van der Waals surface area contributed by atoms with Gasteiger partial charge in [0.15, 0.2) is 0 Å². The van der Waals surface area contributed by atoms with Crippen molar-refractivity contribution in [2.45, 2.75) is 20.8 Å². The Morgan fingerprint density at radius 3 is 2.47 bits per heavy atom. The van der Waals surface area contributed by atoms with Crippen LogP contribution in [0.3, 0.4) is 0 Å². The highest BCUT2D eigenvalue weighted by Gasteiger charge is 2.18. The van der Waals surface area contributed by atoms with Crippen molar-refractivity contribution in [2.75, 3.05) is 11.1 Å². The van der Waals surface area contributed by atoms with E-state index in [0.29, 0.717) is 22.8 Å². The molecule has 0 unspecified atom stereocenters. The first-order valence-corrected chi connectivity index (χ1v) is 5.95. The standard InChI is InChI=1S/C13H17N5O/c1-7-5-6-10(8(2)15-7)16-13(19)12-11(14)9(3)17-18(12)4/h5-6H,14H2,1-4H3,(H,16,19). The van der Waals surface area contributed by atoms with Crippen molar-refractivity contribution in [3.8, 4) is 0 Å². The minimum Gasteiger partial charge on any atom is -0.395 e. The van der Waals surface area contributed by atoms with Crippen LogP contribution in [-0.4, -0.2) is 20.7 Å². The van der Waals surface area contributed by atoms with Crippen LogP contribution in [0, 0.1) is 20.8 Å². The second kappa shape index (κ2) is 4.72. The number of aryl methyl sites for hydroxylation is 4. The van der Waals surface area contributed by atoms with E-state index >= 15 is 0 Å². The molecular weight excluding hydrogens is 242 g/mol. The molecule has 19 heavy (non-hydrogen) atoms. The van der Waals surface area contributed by atoms with Gasteiger partial charge in [0.25, 0.3) is 5.91 Å². The summed E-state index contributed by atoms with van der Waals surface area (Å²) in [6.45, 7) is 5.52. The Morgan fingerprint density at radius 1 is 1.26 bits per heavy atom. The lowest BCUT2D eigenvalue weighted by atomic mass is 10.2. The van der Waals surface area contributed by atoms with Crippen LogP contribution in [0.2, 0.25) is 0 Å². The van der Waals surface area contributed by atoms with E-state index in [1.54, 1.807) is 14.0 Å². The topological polar surface area (TPSA) is 85.8 Å². The Morgan fingerprint density at radius 2 is 1.95 bits per heavy atom. The fourth-order valence-corrected chi connectivity index (χ4v) is 1.94. The van der Waals surface area contributed by atoms with E-state index in [-0.39, 0.29) is 5.91 Å². The van der Waals surface area contributed by atoms with Gasteiger partial charge in [0.05, 0.1) is 22.8 Å². The molecule has 2 aromatic rings. The van der Waals surface area contributed by atoms with Crippen LogP contribution in [0.1, 0.15) is 27.6 Å². The molecule has 100 valence electrons. The first-order chi connectivity index (χ1) is 8.90. The van der Waals surface area contributed by atoms with Crippen LogP contribution in [0.25, 0.3) is 0 Å². The third-order valence-electron chi connectivity index (χ3n) is 2.96. The van der Waals surface area contributed by atoms with Gasteiger partial charge in [-0.2, -0.15) is 5.10 Å². The number of hydrogen-bond acceptors (Lipinski definition) is 4. The highest BCUT2D eigenvalue weighted by atomic mass is 16.2. The number of nitrogens with one attached hydrogen (secondary N) is 1. The van der Waals surface area contributed by atoms with Gasteiger partial charge in [0.1, 0.15) is 5.69 Å². The highest BCUT2D eigenvalue weighted by Crippen LogP contribution is 2.18. The molecular formula is C13H17N5O. The normalized spacial score (nSPS) is 10.5. The number of carbonyl (C=O) groups excluding carboxylic acids is 1. The van der Waals surface area contributed by atoms with Gasteiger partial charge in [-0.3, -0.25) is 14.5 Å². The Labute approximate surface area is 111 Å². The zero-order valence-electron chi connectivity index (χ0n) is 11.5. The molecule has 1 amide bonds. The smallest absolute Gasteiger partial charge is 0.276 e. The fraction of sp³-hybridized carbons (Fsp3) is 0.308. The van der Waals surface area contributed by atoms with E-state index < -0.39 is 0 Å². The lowest BCUT2D eigenvalue weighted by Crippen LogP contribution is -2.18. The van der Waals surface area contributed by atoms with Crippen molar-refractivity contribution in [2.24, 2.45) is 7.05 Å². The van der Waals surface area contributed by atoms with Crippen molar-refractivity contribution in [1.29, 1.82) is 0 Å². The van der Waals surface area contributed by atoms with Gasteiger partial charge in [-0.15, -0.1) is 0 Å². The van der Waals surface area contributed by atoms with E-state index in [9.17, 15) is 4.79 Å². The number of nitrogens with two attached hydrogens (primary N) is 1. The summed E-state index contributed by atoms with van der Waals surface area (Å²) in [6.07, 6.45) is 0. The Kier molecular flexibility index (Phi) is 3.25. The number of carbonyl (C=O) groups is 1. The summed E-state index contributed by atoms with van der Waals surface area (Å²) in [7, 11) is 1.69. The molecule has 6 heteroatoms.